The van der Waals surface area contributed by atoms with Crippen LogP contribution in [-0.4, -0.2) is 10.2 Å². The first-order valence-electron chi connectivity index (χ1n) is 4.29. The maximum atomic E-state index is 13.5. The third kappa shape index (κ3) is 2.11. The molecule has 0 bridgehead atoms. The smallest absolute Gasteiger partial charge is 0.153 e. The molecule has 2 N–H and O–H groups in total. The van der Waals surface area contributed by atoms with Gasteiger partial charge in [-0.25, -0.2) is 8.78 Å². The summed E-state index contributed by atoms with van der Waals surface area (Å²) in [5.74, 6) is -1.35. The Morgan fingerprint density at radius 1 is 1.25 bits per heavy atom. The van der Waals surface area contributed by atoms with Crippen LogP contribution >= 0.6 is 27.3 Å². The van der Waals surface area contributed by atoms with Crippen LogP contribution in [0.25, 0.3) is 10.6 Å². The molecule has 0 aliphatic heterocycles. The van der Waals surface area contributed by atoms with E-state index in [1.807, 2.05) is 0 Å². The van der Waals surface area contributed by atoms with Crippen LogP contribution in [0, 0.1) is 11.6 Å². The summed E-state index contributed by atoms with van der Waals surface area (Å²) in [6.07, 6.45) is 0. The van der Waals surface area contributed by atoms with Gasteiger partial charge < -0.3 is 5.73 Å². The van der Waals surface area contributed by atoms with Crippen molar-refractivity contribution < 1.29 is 8.78 Å². The number of hydrogen-bond acceptors (Lipinski definition) is 4. The number of nitrogens with zero attached hydrogens (tertiary/aromatic N) is 2. The van der Waals surface area contributed by atoms with Gasteiger partial charge in [-0.05, 0) is 12.1 Å². The predicted octanol–water partition coefficient (Wildman–Crippen LogP) is 2.70. The van der Waals surface area contributed by atoms with Gasteiger partial charge in [0.05, 0.1) is 5.56 Å². The fourth-order valence-electron chi connectivity index (χ4n) is 1.18. The van der Waals surface area contributed by atoms with Gasteiger partial charge in [-0.3, -0.25) is 0 Å². The Morgan fingerprint density at radius 2 is 1.88 bits per heavy atom. The molecule has 0 aliphatic carbocycles. The van der Waals surface area contributed by atoms with E-state index in [0.717, 1.165) is 11.3 Å². The molecule has 0 saturated heterocycles. The fourth-order valence-corrected chi connectivity index (χ4v) is 2.35. The second-order valence-corrected chi connectivity index (χ2v) is 4.93. The van der Waals surface area contributed by atoms with Crippen LogP contribution in [0.3, 0.4) is 0 Å². The second-order valence-electron chi connectivity index (χ2n) is 2.95. The summed E-state index contributed by atoms with van der Waals surface area (Å²) in [4.78, 5) is 0. The summed E-state index contributed by atoms with van der Waals surface area (Å²) in [5, 5.41) is 8.15. The van der Waals surface area contributed by atoms with Gasteiger partial charge in [0.2, 0.25) is 0 Å². The van der Waals surface area contributed by atoms with Crippen LogP contribution in [0.2, 0.25) is 0 Å². The normalized spacial score (nSPS) is 10.8. The van der Waals surface area contributed by atoms with Crippen molar-refractivity contribution >= 4 is 27.3 Å². The van der Waals surface area contributed by atoms with Crippen molar-refractivity contribution in [2.24, 2.45) is 5.73 Å². The molecule has 1 heterocycles. The minimum Gasteiger partial charge on any atom is -0.324 e. The molecule has 0 spiro atoms. The van der Waals surface area contributed by atoms with Crippen molar-refractivity contribution in [3.05, 3.63) is 33.2 Å². The Labute approximate surface area is 102 Å². The van der Waals surface area contributed by atoms with E-state index in [-0.39, 0.29) is 17.1 Å². The van der Waals surface area contributed by atoms with E-state index in [9.17, 15) is 8.78 Å². The van der Waals surface area contributed by atoms with Gasteiger partial charge >= 0.3 is 0 Å². The molecule has 3 nitrogen and oxygen atoms in total. The van der Waals surface area contributed by atoms with Crippen LogP contribution in [0.15, 0.2) is 16.6 Å². The molecule has 0 saturated carbocycles. The van der Waals surface area contributed by atoms with Crippen molar-refractivity contribution in [2.45, 2.75) is 6.54 Å². The Bertz CT molecular complexity index is 506. The maximum absolute atomic E-state index is 13.5. The Kier molecular flexibility index (Phi) is 3.27. The van der Waals surface area contributed by atoms with Crippen LogP contribution in [0.1, 0.15) is 5.01 Å². The van der Waals surface area contributed by atoms with Crippen molar-refractivity contribution in [3.63, 3.8) is 0 Å². The quantitative estimate of drug-likeness (QED) is 0.928. The highest BCUT2D eigenvalue weighted by atomic mass is 79.9. The molecular weight excluding hydrogens is 300 g/mol. The molecule has 84 valence electrons. The lowest BCUT2D eigenvalue weighted by molar-refractivity contribution is 0.587. The number of nitrogens with two attached hydrogens (primary N) is 1. The SMILES string of the molecule is NCc1nnc(-c2c(F)cc(Br)cc2F)s1. The zero-order valence-corrected chi connectivity index (χ0v) is 10.3. The summed E-state index contributed by atoms with van der Waals surface area (Å²) in [7, 11) is 0. The van der Waals surface area contributed by atoms with Crippen LogP contribution in [0.4, 0.5) is 8.78 Å². The van der Waals surface area contributed by atoms with Crippen molar-refractivity contribution in [2.75, 3.05) is 0 Å². The van der Waals surface area contributed by atoms with Gasteiger partial charge in [-0.1, -0.05) is 27.3 Å². The molecule has 1 aromatic heterocycles. The van der Waals surface area contributed by atoms with E-state index in [2.05, 4.69) is 26.1 Å². The second kappa shape index (κ2) is 4.52. The first-order valence-corrected chi connectivity index (χ1v) is 5.90. The third-order valence-electron chi connectivity index (χ3n) is 1.86. The number of halogens is 3. The van der Waals surface area contributed by atoms with E-state index in [0.29, 0.717) is 9.48 Å². The summed E-state index contributed by atoms with van der Waals surface area (Å²) in [6, 6.07) is 2.36. The summed E-state index contributed by atoms with van der Waals surface area (Å²) in [6.45, 7) is 0.206. The Hall–Kier alpha value is -0.920. The fraction of sp³-hybridized carbons (Fsp3) is 0.111. The monoisotopic (exact) mass is 305 g/mol. The van der Waals surface area contributed by atoms with E-state index < -0.39 is 11.6 Å². The van der Waals surface area contributed by atoms with E-state index in [1.165, 1.54) is 12.1 Å². The number of aromatic nitrogens is 2. The molecule has 0 atom stereocenters. The van der Waals surface area contributed by atoms with Gasteiger partial charge in [0.15, 0.2) is 5.01 Å². The maximum Gasteiger partial charge on any atom is 0.153 e. The van der Waals surface area contributed by atoms with Gasteiger partial charge in [0.25, 0.3) is 0 Å². The molecule has 0 radical (unpaired) electrons. The molecule has 2 aromatic rings. The Morgan fingerprint density at radius 3 is 2.38 bits per heavy atom. The highest BCUT2D eigenvalue weighted by Gasteiger charge is 2.16. The minimum atomic E-state index is -0.674. The zero-order valence-electron chi connectivity index (χ0n) is 7.88. The predicted molar refractivity (Wildman–Crippen MR) is 60.9 cm³/mol. The summed E-state index contributed by atoms with van der Waals surface area (Å²) in [5.41, 5.74) is 5.19. The third-order valence-corrected chi connectivity index (χ3v) is 3.28. The lowest BCUT2D eigenvalue weighted by Gasteiger charge is -2.01. The molecular formula is C9H6BrF2N3S. The standard InChI is InChI=1S/C9H6BrF2N3S/c10-4-1-5(11)8(6(12)2-4)9-15-14-7(3-13)16-9/h1-2H,3,13H2. The van der Waals surface area contributed by atoms with Crippen molar-refractivity contribution in [1.82, 2.24) is 10.2 Å². The summed E-state index contributed by atoms with van der Waals surface area (Å²) >= 11 is 4.08. The van der Waals surface area contributed by atoms with Crippen LogP contribution in [-0.2, 0) is 6.54 Å². The molecule has 16 heavy (non-hydrogen) atoms. The number of hydrogen-bond donors (Lipinski definition) is 1. The van der Waals surface area contributed by atoms with Gasteiger partial charge in [0.1, 0.15) is 16.6 Å². The van der Waals surface area contributed by atoms with E-state index in [4.69, 9.17) is 5.73 Å². The average Bonchev–Trinajstić information content (AvgIpc) is 2.64. The number of rotatable bonds is 2. The lowest BCUT2D eigenvalue weighted by atomic mass is 10.2. The van der Waals surface area contributed by atoms with Crippen LogP contribution in [0.5, 0.6) is 0 Å². The average molecular weight is 306 g/mol. The van der Waals surface area contributed by atoms with Crippen molar-refractivity contribution in [3.8, 4) is 10.6 Å². The first-order chi connectivity index (χ1) is 7.61. The molecule has 0 amide bonds. The largest absolute Gasteiger partial charge is 0.324 e. The molecule has 0 unspecified atom stereocenters. The number of benzene rings is 1. The van der Waals surface area contributed by atoms with E-state index >= 15 is 0 Å². The summed E-state index contributed by atoms with van der Waals surface area (Å²) < 4.78 is 27.4. The van der Waals surface area contributed by atoms with Crippen LogP contribution < -0.4 is 5.73 Å². The Balaban J connectivity index is 2.55. The van der Waals surface area contributed by atoms with Gasteiger partial charge in [0, 0.05) is 11.0 Å². The van der Waals surface area contributed by atoms with E-state index in [1.54, 1.807) is 0 Å². The lowest BCUT2D eigenvalue weighted by Crippen LogP contribution is -1.94. The highest BCUT2D eigenvalue weighted by molar-refractivity contribution is 9.10. The molecule has 7 heteroatoms. The van der Waals surface area contributed by atoms with Gasteiger partial charge in [-0.2, -0.15) is 0 Å². The molecule has 0 fully saturated rings. The first kappa shape index (κ1) is 11.6. The topological polar surface area (TPSA) is 51.8 Å². The zero-order chi connectivity index (χ0) is 11.7. The minimum absolute atomic E-state index is 0.166. The molecule has 2 rings (SSSR count). The highest BCUT2D eigenvalue weighted by Crippen LogP contribution is 2.30. The van der Waals surface area contributed by atoms with Crippen molar-refractivity contribution in [1.29, 1.82) is 0 Å². The van der Waals surface area contributed by atoms with Gasteiger partial charge in [-0.15, -0.1) is 10.2 Å². The molecule has 0 aliphatic rings. The molecule has 1 aromatic carbocycles.